The molecular weight excluding hydrogens is 1650 g/mol. The lowest BCUT2D eigenvalue weighted by molar-refractivity contribution is -0.136. The Balaban J connectivity index is 0.000000164. The summed E-state index contributed by atoms with van der Waals surface area (Å²) < 4.78 is 105. The monoisotopic (exact) mass is 1780 g/mol. The smallest absolute Gasteiger partial charge is 0.253 e. The Morgan fingerprint density at radius 1 is 0.378 bits per heavy atom. The van der Waals surface area contributed by atoms with Crippen molar-refractivity contribution in [3.05, 3.63) is 173 Å². The molecule has 8 fully saturated rings. The zero-order chi connectivity index (χ0) is 90.4. The molecule has 5 aromatic carbocycles. The van der Waals surface area contributed by atoms with Crippen LogP contribution in [0.5, 0.6) is 23.0 Å². The summed E-state index contributed by atoms with van der Waals surface area (Å²) in [6.45, 7) is 33.5. The SMILES string of the molecule is CC(C)C(=O)N1CCN(CC(=O)c2ccc(OCCCN3CCC[C@H]3C)c(F)c2)CC1.C[C@@H]1CCCN1CCCOc1ccc(C(=O)CN2CCN(C(=O)c3ccccc3)CC2)cc1F.C[C@@H]1CCCN1CCCOc1ccc(C(=O)CN2CCN(S(C)(=O)=O)CC2)cc1F.C[C@@H]1CCCN1CCCOc1ccc(C(=O)CN2CCN(c3ncccn3)CC2)cc1F. The molecule has 14 rings (SSSR count). The Kier molecular flexibility index (Phi) is 38.7. The highest BCUT2D eigenvalue weighted by Gasteiger charge is 2.31. The van der Waals surface area contributed by atoms with Gasteiger partial charge in [0.1, 0.15) is 0 Å². The summed E-state index contributed by atoms with van der Waals surface area (Å²) in [5.41, 5.74) is 2.07. The van der Waals surface area contributed by atoms with Gasteiger partial charge in [-0.15, -0.1) is 0 Å². The van der Waals surface area contributed by atoms with E-state index in [-0.39, 0.29) is 90.0 Å². The number of benzene rings is 5. The number of aromatic nitrogens is 2. The number of hydrogen-bond donors (Lipinski definition) is 0. The second-order valence-corrected chi connectivity index (χ2v) is 37.1. The zero-order valence-electron chi connectivity index (χ0n) is 75.6. The topological polar surface area (TPSA) is 238 Å². The third-order valence-corrected chi connectivity index (χ3v) is 26.8. The molecule has 127 heavy (non-hydrogen) atoms. The van der Waals surface area contributed by atoms with Gasteiger partial charge in [0.05, 0.1) is 58.9 Å². The number of rotatable bonds is 36. The molecule has 9 heterocycles. The van der Waals surface area contributed by atoms with Gasteiger partial charge >= 0.3 is 0 Å². The second-order valence-electron chi connectivity index (χ2n) is 35.1. The van der Waals surface area contributed by atoms with Crippen molar-refractivity contribution in [1.29, 1.82) is 0 Å². The highest BCUT2D eigenvalue weighted by atomic mass is 32.2. The van der Waals surface area contributed by atoms with Crippen LogP contribution in [0.3, 0.4) is 0 Å². The molecule has 0 bridgehead atoms. The number of likely N-dealkylation sites (tertiary alicyclic amines) is 4. The van der Waals surface area contributed by atoms with E-state index in [9.17, 15) is 54.7 Å². The number of hydrogen-bond acceptors (Lipinski definition) is 23. The lowest BCUT2D eigenvalue weighted by Crippen LogP contribution is -2.50. The van der Waals surface area contributed by atoms with Crippen molar-refractivity contribution in [3.63, 3.8) is 0 Å². The van der Waals surface area contributed by atoms with Gasteiger partial charge in [0.2, 0.25) is 21.9 Å². The number of anilines is 1. The van der Waals surface area contributed by atoms with E-state index in [4.69, 9.17) is 18.9 Å². The molecule has 0 unspecified atom stereocenters. The lowest BCUT2D eigenvalue weighted by atomic mass is 10.1. The van der Waals surface area contributed by atoms with Crippen LogP contribution in [0.4, 0.5) is 23.5 Å². The fourth-order valence-electron chi connectivity index (χ4n) is 17.6. The fraction of sp³-hybridized carbons (Fsp3) is 0.583. The number of Topliss-reactive ketones (excluding diaryl/α,β-unsaturated/α-hetero) is 4. The molecule has 2 amide bonds. The number of ketones is 4. The van der Waals surface area contributed by atoms with Crippen LogP contribution in [0, 0.1) is 29.2 Å². The molecule has 8 aliphatic heterocycles. The third-order valence-electron chi connectivity index (χ3n) is 25.5. The van der Waals surface area contributed by atoms with Crippen LogP contribution in [0.25, 0.3) is 0 Å². The van der Waals surface area contributed by atoms with Crippen molar-refractivity contribution in [2.75, 3.05) is 221 Å². The Morgan fingerprint density at radius 2 is 0.677 bits per heavy atom. The molecule has 6 aromatic rings. The van der Waals surface area contributed by atoms with Gasteiger partial charge in [-0.1, -0.05) is 32.0 Å². The lowest BCUT2D eigenvalue weighted by Gasteiger charge is -2.35. The van der Waals surface area contributed by atoms with E-state index < -0.39 is 33.3 Å². The predicted octanol–water partition coefficient (Wildman–Crippen LogP) is 11.5. The number of sulfonamides is 1. The average Bonchev–Trinajstić information content (AvgIpc) is 1.77. The Bertz CT molecular complexity index is 4620. The van der Waals surface area contributed by atoms with Gasteiger partial charge in [-0.2, -0.15) is 4.31 Å². The molecule has 4 atom stereocenters. The molecule has 8 saturated heterocycles. The summed E-state index contributed by atoms with van der Waals surface area (Å²) in [6.07, 6.45) is 18.0. The number of piperazine rings is 4. The van der Waals surface area contributed by atoms with Crippen LogP contribution in [-0.4, -0.2) is 347 Å². The summed E-state index contributed by atoms with van der Waals surface area (Å²) in [6, 6.07) is 31.3. The van der Waals surface area contributed by atoms with E-state index in [1.54, 1.807) is 60.9 Å². The van der Waals surface area contributed by atoms with Gasteiger partial charge in [-0.3, -0.25) is 48.4 Å². The first-order valence-corrected chi connectivity index (χ1v) is 47.8. The maximum Gasteiger partial charge on any atom is 0.253 e. The summed E-state index contributed by atoms with van der Waals surface area (Å²) in [5.74, 6) is -0.863. The largest absolute Gasteiger partial charge is 0.490 e. The van der Waals surface area contributed by atoms with E-state index >= 15 is 0 Å². The van der Waals surface area contributed by atoms with Gasteiger partial charge < -0.3 is 53.2 Å². The zero-order valence-corrected chi connectivity index (χ0v) is 76.4. The van der Waals surface area contributed by atoms with E-state index in [1.165, 1.54) is 92.3 Å². The van der Waals surface area contributed by atoms with Crippen LogP contribution < -0.4 is 23.8 Å². The van der Waals surface area contributed by atoms with Gasteiger partial charge in [0.25, 0.3) is 5.91 Å². The van der Waals surface area contributed by atoms with Gasteiger partial charge in [0.15, 0.2) is 69.4 Å². The first-order chi connectivity index (χ1) is 61.2. The normalized spacial score (nSPS) is 20.3. The maximum absolute atomic E-state index is 14.5. The van der Waals surface area contributed by atoms with Gasteiger partial charge in [-0.25, -0.2) is 35.9 Å². The molecule has 0 aliphatic carbocycles. The Hall–Kier alpha value is -8.89. The van der Waals surface area contributed by atoms with E-state index in [0.717, 1.165) is 104 Å². The number of carbonyl (C=O) groups excluding carboxylic acids is 6. The number of nitrogens with zero attached hydrogens (tertiary/aromatic N) is 14. The Morgan fingerprint density at radius 3 is 0.961 bits per heavy atom. The standard InChI is InChI=1S/C27H34FN3O3.C24H32FN5O2.C24H36FN3O3.C21H32FN3O4S/c1-21-7-5-12-30(21)13-6-18-34-26-11-10-23(19-24(26)28)25(32)20-29-14-16-31(17-15-29)27(33)22-8-3-2-4-9-22;1-19-5-2-10-29(19)11-4-16-32-23-7-6-20(17-21(23)25)22(31)18-28-12-14-30(15-13-28)24-26-8-3-9-27-24;1-18(2)24(30)28-13-11-26(12-14-28)17-22(29)20-7-8-23(21(25)16-20)31-15-5-10-27-9-4-6-19(27)3;1-17-5-3-8-24(17)9-4-14-29-21-7-6-18(15-19(21)22)20(26)16-23-10-12-25(13-11-23)30(2,27)28/h2-4,8-11,19,21H,5-7,12-18,20H2,1H3;3,6-9,17,19H,2,4-5,10-16,18H2,1H3;7-8,16,18-19H,4-6,9-15,17H2,1-3H3;6-7,15,17H,3-5,8-14,16H2,1-2H3/t21-;2*19-;17-/m1111/s1. The number of ether oxygens (including phenoxy) is 4. The van der Waals surface area contributed by atoms with Crippen molar-refractivity contribution in [2.24, 2.45) is 5.92 Å². The predicted molar refractivity (Wildman–Crippen MR) is 485 cm³/mol. The van der Waals surface area contributed by atoms with Crippen LogP contribution in [0.15, 0.2) is 122 Å². The molecule has 26 nitrogen and oxygen atoms in total. The van der Waals surface area contributed by atoms with Crippen LogP contribution in [-0.2, 0) is 14.8 Å². The molecule has 31 heteroatoms. The summed E-state index contributed by atoms with van der Waals surface area (Å²) in [7, 11) is -3.20. The number of halogens is 4. The first-order valence-electron chi connectivity index (χ1n) is 46.0. The van der Waals surface area contributed by atoms with Crippen molar-refractivity contribution in [3.8, 4) is 23.0 Å². The van der Waals surface area contributed by atoms with E-state index in [2.05, 4.69) is 67.1 Å². The molecule has 0 spiro atoms. The van der Waals surface area contributed by atoms with E-state index in [1.807, 2.05) is 68.7 Å². The van der Waals surface area contributed by atoms with Crippen LogP contribution in [0.2, 0.25) is 0 Å². The minimum atomic E-state index is -3.20. The van der Waals surface area contributed by atoms with Crippen LogP contribution >= 0.6 is 0 Å². The molecular formula is C96H134F4N14O12S. The molecule has 8 aliphatic rings. The second kappa shape index (κ2) is 49.8. The molecule has 0 radical (unpaired) electrons. The minimum Gasteiger partial charge on any atom is -0.490 e. The maximum atomic E-state index is 14.5. The fourth-order valence-corrected chi connectivity index (χ4v) is 18.4. The summed E-state index contributed by atoms with van der Waals surface area (Å²) >= 11 is 0. The van der Waals surface area contributed by atoms with Gasteiger partial charge in [0, 0.05) is 201 Å². The van der Waals surface area contributed by atoms with E-state index in [0.29, 0.717) is 163 Å². The van der Waals surface area contributed by atoms with Crippen molar-refractivity contribution < 1.29 is 73.7 Å². The molecule has 1 aromatic heterocycles. The first kappa shape index (κ1) is 98.7. The van der Waals surface area contributed by atoms with Crippen molar-refractivity contribution in [1.82, 2.24) is 63.3 Å². The van der Waals surface area contributed by atoms with Gasteiger partial charge in [-0.05, 0) is 222 Å². The molecule has 0 saturated carbocycles. The third kappa shape index (κ3) is 30.6. The number of carbonyl (C=O) groups is 6. The van der Waals surface area contributed by atoms with Crippen LogP contribution in [0.1, 0.15) is 170 Å². The summed E-state index contributed by atoms with van der Waals surface area (Å²) in [5, 5.41) is 0. The Labute approximate surface area is 749 Å². The summed E-state index contributed by atoms with van der Waals surface area (Å²) in [4.78, 5) is 107. The molecule has 694 valence electrons. The quantitative estimate of drug-likeness (QED) is 0.0202. The highest BCUT2D eigenvalue weighted by molar-refractivity contribution is 7.88. The number of amides is 2. The van der Waals surface area contributed by atoms with Crippen molar-refractivity contribution in [2.45, 2.75) is 143 Å². The van der Waals surface area contributed by atoms with Crippen molar-refractivity contribution >= 4 is 50.9 Å². The average molecular weight is 1780 g/mol. The minimum absolute atomic E-state index is 0.0131. The molecule has 0 N–H and O–H groups in total. The highest BCUT2D eigenvalue weighted by Crippen LogP contribution is 2.28.